The number of pyridine rings is 1. The number of aromatic amines is 1. The van der Waals surface area contributed by atoms with Crippen molar-refractivity contribution in [2.24, 2.45) is 5.41 Å². The number of ether oxygens (including phenoxy) is 3. The van der Waals surface area contributed by atoms with Gasteiger partial charge >= 0.3 is 5.56 Å². The van der Waals surface area contributed by atoms with Crippen molar-refractivity contribution in [3.05, 3.63) is 33.8 Å². The molecule has 0 amide bonds. The molecule has 0 aromatic carbocycles. The molecule has 0 spiro atoms. The molecule has 2 fully saturated rings. The van der Waals surface area contributed by atoms with E-state index < -0.39 is 11.0 Å². The molecule has 11 heteroatoms. The normalized spacial score (nSPS) is 22.1. The molecular formula is C26H35ClN6O4. The third kappa shape index (κ3) is 7.20. The molecule has 1 aliphatic heterocycles. The van der Waals surface area contributed by atoms with E-state index in [0.29, 0.717) is 72.9 Å². The summed E-state index contributed by atoms with van der Waals surface area (Å²) in [5.74, 6) is 0.610. The highest BCUT2D eigenvalue weighted by Crippen LogP contribution is 2.32. The Kier molecular flexibility index (Phi) is 9.38. The zero-order valence-electron chi connectivity index (χ0n) is 21.4. The Morgan fingerprint density at radius 3 is 2.73 bits per heavy atom. The molecule has 4 rings (SSSR count). The van der Waals surface area contributed by atoms with Crippen molar-refractivity contribution in [2.75, 3.05) is 38.9 Å². The third-order valence-electron chi connectivity index (χ3n) is 7.08. The van der Waals surface area contributed by atoms with Gasteiger partial charge in [0.25, 0.3) is 5.88 Å². The maximum Gasteiger partial charge on any atom is 0.310 e. The van der Waals surface area contributed by atoms with Crippen molar-refractivity contribution >= 4 is 17.4 Å². The van der Waals surface area contributed by atoms with Crippen LogP contribution in [0.2, 0.25) is 5.02 Å². The molecule has 0 bridgehead atoms. The van der Waals surface area contributed by atoms with Gasteiger partial charge in [0.15, 0.2) is 0 Å². The fourth-order valence-corrected chi connectivity index (χ4v) is 5.11. The van der Waals surface area contributed by atoms with Gasteiger partial charge in [0.1, 0.15) is 12.4 Å². The Labute approximate surface area is 222 Å². The molecule has 1 saturated carbocycles. The van der Waals surface area contributed by atoms with E-state index in [0.717, 1.165) is 25.7 Å². The zero-order valence-corrected chi connectivity index (χ0v) is 22.1. The number of nitrogens with zero attached hydrogens (tertiary/aromatic N) is 3. The first-order chi connectivity index (χ1) is 17.9. The van der Waals surface area contributed by atoms with Crippen molar-refractivity contribution in [2.45, 2.75) is 63.6 Å². The number of hydrogen-bond donors (Lipinski definition) is 3. The second-order valence-electron chi connectivity index (χ2n) is 9.98. The number of halogens is 1. The average molecular weight is 531 g/mol. The van der Waals surface area contributed by atoms with Crippen molar-refractivity contribution in [3.63, 3.8) is 0 Å². The molecular weight excluding hydrogens is 496 g/mol. The summed E-state index contributed by atoms with van der Waals surface area (Å²) in [4.78, 5) is 24.0. The van der Waals surface area contributed by atoms with Gasteiger partial charge in [-0.1, -0.05) is 11.6 Å². The Morgan fingerprint density at radius 1 is 1.30 bits per heavy atom. The van der Waals surface area contributed by atoms with E-state index in [9.17, 15) is 10.1 Å². The van der Waals surface area contributed by atoms with E-state index >= 15 is 0 Å². The maximum absolute atomic E-state index is 12.4. The summed E-state index contributed by atoms with van der Waals surface area (Å²) in [5, 5.41) is 17.2. The van der Waals surface area contributed by atoms with E-state index in [1.807, 2.05) is 6.07 Å². The predicted molar refractivity (Wildman–Crippen MR) is 141 cm³/mol. The molecule has 2 aliphatic rings. The predicted octanol–water partition coefficient (Wildman–Crippen LogP) is 3.53. The molecule has 200 valence electrons. The fourth-order valence-electron chi connectivity index (χ4n) is 4.91. The van der Waals surface area contributed by atoms with Gasteiger partial charge in [0.05, 0.1) is 28.8 Å². The SMILES string of the molecule is COC[C@@H](C)N[C@H]1CC[C@H](Nc2cc(-c3c[nH]c(=O)c(OCC4(C#N)CCOCC4)n3)c(Cl)cn2)CC1. The first-order valence-corrected chi connectivity index (χ1v) is 13.2. The Morgan fingerprint density at radius 2 is 2.03 bits per heavy atom. The molecule has 3 N–H and O–H groups in total. The quantitative estimate of drug-likeness (QED) is 0.421. The van der Waals surface area contributed by atoms with Crippen LogP contribution in [0.15, 0.2) is 23.3 Å². The van der Waals surface area contributed by atoms with Crippen LogP contribution < -0.4 is 20.9 Å². The lowest BCUT2D eigenvalue weighted by molar-refractivity contribution is 0.0180. The second-order valence-corrected chi connectivity index (χ2v) is 10.4. The highest BCUT2D eigenvalue weighted by molar-refractivity contribution is 6.33. The Bertz CT molecular complexity index is 1140. The van der Waals surface area contributed by atoms with Crippen LogP contribution in [0.5, 0.6) is 5.88 Å². The summed E-state index contributed by atoms with van der Waals surface area (Å²) in [6.07, 6.45) is 8.39. The van der Waals surface area contributed by atoms with Crippen LogP contribution in [0.4, 0.5) is 5.82 Å². The van der Waals surface area contributed by atoms with Crippen LogP contribution in [0.3, 0.4) is 0 Å². The molecule has 10 nitrogen and oxygen atoms in total. The minimum atomic E-state index is -0.690. The van der Waals surface area contributed by atoms with Gasteiger partial charge in [-0.15, -0.1) is 0 Å². The highest BCUT2D eigenvalue weighted by Gasteiger charge is 2.34. The molecule has 0 unspecified atom stereocenters. The first kappa shape index (κ1) is 27.3. The average Bonchev–Trinajstić information content (AvgIpc) is 2.91. The Balaban J connectivity index is 1.41. The first-order valence-electron chi connectivity index (χ1n) is 12.8. The molecule has 1 saturated heterocycles. The summed E-state index contributed by atoms with van der Waals surface area (Å²) in [7, 11) is 1.72. The number of methoxy groups -OCH3 is 1. The van der Waals surface area contributed by atoms with Crippen LogP contribution in [0.1, 0.15) is 45.4 Å². The van der Waals surface area contributed by atoms with Gasteiger partial charge in [-0.05, 0) is 51.5 Å². The van der Waals surface area contributed by atoms with E-state index in [2.05, 4.69) is 38.6 Å². The van der Waals surface area contributed by atoms with Crippen molar-refractivity contribution in [1.82, 2.24) is 20.3 Å². The minimum Gasteiger partial charge on any atom is -0.472 e. The monoisotopic (exact) mass is 530 g/mol. The molecule has 2 aromatic heterocycles. The summed E-state index contributed by atoms with van der Waals surface area (Å²) >= 11 is 6.46. The molecule has 1 atom stereocenters. The van der Waals surface area contributed by atoms with Crippen LogP contribution in [0.25, 0.3) is 11.3 Å². The van der Waals surface area contributed by atoms with Crippen LogP contribution in [-0.2, 0) is 9.47 Å². The summed E-state index contributed by atoms with van der Waals surface area (Å²) in [5.41, 5.74) is -0.0600. The number of rotatable bonds is 10. The molecule has 2 aromatic rings. The van der Waals surface area contributed by atoms with Crippen LogP contribution in [-0.4, -0.2) is 66.6 Å². The lowest BCUT2D eigenvalue weighted by Crippen LogP contribution is -2.42. The van der Waals surface area contributed by atoms with Gasteiger partial charge in [-0.3, -0.25) is 4.79 Å². The topological polar surface area (TPSA) is 134 Å². The minimum absolute atomic E-state index is 0.0745. The van der Waals surface area contributed by atoms with Gasteiger partial charge < -0.3 is 29.8 Å². The van der Waals surface area contributed by atoms with E-state index in [1.54, 1.807) is 13.3 Å². The molecule has 37 heavy (non-hydrogen) atoms. The van der Waals surface area contributed by atoms with Gasteiger partial charge in [0.2, 0.25) is 0 Å². The van der Waals surface area contributed by atoms with E-state index in [-0.39, 0.29) is 12.5 Å². The standard InChI is InChI=1S/C26H35ClN6O4/c1-17(14-35-2)31-18-3-5-19(6-4-18)32-23-11-20(21(27)12-29-23)22-13-30-24(34)25(33-22)37-16-26(15-28)7-9-36-10-8-26/h11-13,17-19,31H,3-10,14,16H2,1-2H3,(H,29,32)(H,30,34)/t17-,18-,19-/m1/s1. The van der Waals surface area contributed by atoms with Gasteiger partial charge in [-0.2, -0.15) is 5.26 Å². The largest absolute Gasteiger partial charge is 0.472 e. The van der Waals surface area contributed by atoms with Crippen LogP contribution in [0, 0.1) is 16.7 Å². The van der Waals surface area contributed by atoms with Crippen molar-refractivity contribution < 1.29 is 14.2 Å². The van der Waals surface area contributed by atoms with E-state index in [1.165, 1.54) is 6.20 Å². The number of nitriles is 1. The number of hydrogen-bond acceptors (Lipinski definition) is 9. The maximum atomic E-state index is 12.4. The summed E-state index contributed by atoms with van der Waals surface area (Å²) in [6, 6.07) is 5.30. The number of anilines is 1. The third-order valence-corrected chi connectivity index (χ3v) is 7.38. The van der Waals surface area contributed by atoms with E-state index in [4.69, 9.17) is 25.8 Å². The highest BCUT2D eigenvalue weighted by atomic mass is 35.5. The summed E-state index contributed by atoms with van der Waals surface area (Å²) < 4.78 is 16.3. The summed E-state index contributed by atoms with van der Waals surface area (Å²) in [6.45, 7) is 3.91. The smallest absolute Gasteiger partial charge is 0.310 e. The van der Waals surface area contributed by atoms with Gasteiger partial charge in [0, 0.05) is 56.4 Å². The second kappa shape index (κ2) is 12.7. The number of nitrogens with one attached hydrogen (secondary N) is 3. The molecule has 3 heterocycles. The van der Waals surface area contributed by atoms with Gasteiger partial charge in [-0.25, -0.2) is 9.97 Å². The fraction of sp³-hybridized carbons (Fsp3) is 0.615. The zero-order chi connectivity index (χ0) is 26.3. The lowest BCUT2D eigenvalue weighted by atomic mass is 9.83. The Hall–Kier alpha value is -2.71. The molecule has 0 radical (unpaired) electrons. The number of aromatic nitrogens is 3. The lowest BCUT2D eigenvalue weighted by Gasteiger charge is -2.32. The van der Waals surface area contributed by atoms with Crippen molar-refractivity contribution in [1.29, 1.82) is 5.26 Å². The van der Waals surface area contributed by atoms with Crippen LogP contribution >= 0.6 is 11.6 Å². The van der Waals surface area contributed by atoms with Crippen molar-refractivity contribution in [3.8, 4) is 23.2 Å². The number of H-pyrrole nitrogens is 1. The molecule has 1 aliphatic carbocycles.